The lowest BCUT2D eigenvalue weighted by Crippen LogP contribution is -2.49. The van der Waals surface area contributed by atoms with E-state index in [9.17, 15) is 13.6 Å². The molecule has 0 saturated heterocycles. The molecular formula is C23H23F2N3O4S. The second kappa shape index (κ2) is 9.22. The SMILES string of the molecule is CC1=C(C(=O)N(C)C)[C@H](c2ccc(OC(F)F)cc2)NC(=S)N1c1ccc2c(c1)OCCO2. The summed E-state index contributed by atoms with van der Waals surface area (Å²) in [4.78, 5) is 16.5. The normalized spacial score (nSPS) is 17.7. The number of halogens is 2. The van der Waals surface area contributed by atoms with Crippen LogP contribution in [-0.4, -0.2) is 49.8 Å². The van der Waals surface area contributed by atoms with Gasteiger partial charge in [0.2, 0.25) is 0 Å². The molecule has 0 unspecified atom stereocenters. The van der Waals surface area contributed by atoms with E-state index in [4.69, 9.17) is 21.7 Å². The zero-order valence-electron chi connectivity index (χ0n) is 18.3. The standard InChI is InChI=1S/C23H23F2N3O4S/c1-13-19(21(29)27(2)3)20(14-4-7-16(8-5-14)32-22(24)25)26-23(33)28(13)15-6-9-17-18(12-15)31-11-10-30-17/h4-9,12,20,22H,10-11H2,1-3H3,(H,26,33)/t20-/m0/s1. The second-order valence-electron chi connectivity index (χ2n) is 7.69. The van der Waals surface area contributed by atoms with E-state index >= 15 is 0 Å². The summed E-state index contributed by atoms with van der Waals surface area (Å²) in [6.45, 7) is -0.156. The number of likely N-dealkylation sites (N-methyl/N-ethyl adjacent to an activating group) is 1. The van der Waals surface area contributed by atoms with Crippen molar-refractivity contribution in [2.75, 3.05) is 32.2 Å². The lowest BCUT2D eigenvalue weighted by molar-refractivity contribution is -0.125. The fraction of sp³-hybridized carbons (Fsp3) is 0.304. The number of nitrogens with one attached hydrogen (secondary N) is 1. The molecule has 7 nitrogen and oxygen atoms in total. The summed E-state index contributed by atoms with van der Waals surface area (Å²) in [5.41, 5.74) is 2.53. The molecule has 0 bridgehead atoms. The van der Waals surface area contributed by atoms with Crippen LogP contribution in [0.2, 0.25) is 0 Å². The summed E-state index contributed by atoms with van der Waals surface area (Å²) in [6.07, 6.45) is 0. The number of ether oxygens (including phenoxy) is 3. The minimum Gasteiger partial charge on any atom is -0.486 e. The third kappa shape index (κ3) is 4.56. The first-order valence-electron chi connectivity index (χ1n) is 10.2. The van der Waals surface area contributed by atoms with Crippen LogP contribution >= 0.6 is 12.2 Å². The smallest absolute Gasteiger partial charge is 0.387 e. The van der Waals surface area contributed by atoms with Crippen molar-refractivity contribution in [3.63, 3.8) is 0 Å². The molecule has 4 rings (SSSR count). The maximum atomic E-state index is 13.2. The van der Waals surface area contributed by atoms with Gasteiger partial charge in [-0.1, -0.05) is 12.1 Å². The van der Waals surface area contributed by atoms with Crippen molar-refractivity contribution in [1.82, 2.24) is 10.2 Å². The highest BCUT2D eigenvalue weighted by Crippen LogP contribution is 2.39. The molecule has 2 aliphatic rings. The number of anilines is 1. The van der Waals surface area contributed by atoms with Crippen molar-refractivity contribution in [3.05, 3.63) is 59.3 Å². The van der Waals surface area contributed by atoms with Gasteiger partial charge in [-0.3, -0.25) is 9.69 Å². The second-order valence-corrected chi connectivity index (χ2v) is 8.08. The fourth-order valence-electron chi connectivity index (χ4n) is 3.83. The molecule has 0 fully saturated rings. The first-order chi connectivity index (χ1) is 15.8. The van der Waals surface area contributed by atoms with Gasteiger partial charge in [-0.25, -0.2) is 0 Å². The molecule has 0 aliphatic carbocycles. The number of amides is 1. The predicted octanol–water partition coefficient (Wildman–Crippen LogP) is 3.86. The summed E-state index contributed by atoms with van der Waals surface area (Å²) in [6, 6.07) is 11.0. The van der Waals surface area contributed by atoms with Crippen LogP contribution in [-0.2, 0) is 4.79 Å². The van der Waals surface area contributed by atoms with Crippen molar-refractivity contribution < 1.29 is 27.8 Å². The van der Waals surface area contributed by atoms with Gasteiger partial charge in [0.25, 0.3) is 5.91 Å². The first-order valence-corrected chi connectivity index (χ1v) is 10.6. The zero-order chi connectivity index (χ0) is 23.7. The molecule has 1 N–H and O–H groups in total. The molecule has 0 radical (unpaired) electrons. The van der Waals surface area contributed by atoms with Crippen LogP contribution in [0.1, 0.15) is 18.5 Å². The van der Waals surface area contributed by atoms with Gasteiger partial charge in [0.15, 0.2) is 16.6 Å². The van der Waals surface area contributed by atoms with Crippen LogP contribution < -0.4 is 24.4 Å². The Bertz CT molecular complexity index is 1110. The lowest BCUT2D eigenvalue weighted by atomic mass is 9.93. The maximum absolute atomic E-state index is 13.2. The summed E-state index contributed by atoms with van der Waals surface area (Å²) < 4.78 is 40.8. The number of carbonyl (C=O) groups excluding carboxylic acids is 1. The maximum Gasteiger partial charge on any atom is 0.387 e. The van der Waals surface area contributed by atoms with Gasteiger partial charge < -0.3 is 24.4 Å². The zero-order valence-corrected chi connectivity index (χ0v) is 19.1. The fourth-order valence-corrected chi connectivity index (χ4v) is 4.19. The van der Waals surface area contributed by atoms with Crippen molar-refractivity contribution in [2.45, 2.75) is 19.6 Å². The van der Waals surface area contributed by atoms with Crippen LogP contribution in [0.4, 0.5) is 14.5 Å². The first kappa shape index (κ1) is 22.8. The molecule has 10 heteroatoms. The Morgan fingerprint density at radius 2 is 1.82 bits per heavy atom. The minimum atomic E-state index is -2.91. The molecule has 2 aromatic carbocycles. The van der Waals surface area contributed by atoms with E-state index in [1.165, 1.54) is 17.0 Å². The number of carbonyl (C=O) groups is 1. The molecule has 2 heterocycles. The highest BCUT2D eigenvalue weighted by Gasteiger charge is 2.35. The summed E-state index contributed by atoms with van der Waals surface area (Å²) >= 11 is 5.67. The van der Waals surface area contributed by atoms with Crippen molar-refractivity contribution in [1.29, 1.82) is 0 Å². The Morgan fingerprint density at radius 3 is 2.45 bits per heavy atom. The van der Waals surface area contributed by atoms with Gasteiger partial charge in [0.05, 0.1) is 17.3 Å². The largest absolute Gasteiger partial charge is 0.486 e. The lowest BCUT2D eigenvalue weighted by Gasteiger charge is -2.38. The molecule has 2 aromatic rings. The predicted molar refractivity (Wildman–Crippen MR) is 123 cm³/mol. The van der Waals surface area contributed by atoms with Crippen LogP contribution in [0.25, 0.3) is 0 Å². The number of fused-ring (bicyclic) bond motifs is 1. The number of hydrogen-bond donors (Lipinski definition) is 1. The van der Waals surface area contributed by atoms with Crippen molar-refractivity contribution in [3.8, 4) is 17.2 Å². The number of benzene rings is 2. The molecule has 0 spiro atoms. The molecule has 0 aromatic heterocycles. The van der Waals surface area contributed by atoms with Crippen LogP contribution in [0, 0.1) is 0 Å². The number of nitrogens with zero attached hydrogens (tertiary/aromatic N) is 2. The van der Waals surface area contributed by atoms with E-state index in [0.29, 0.717) is 46.7 Å². The van der Waals surface area contributed by atoms with E-state index < -0.39 is 12.7 Å². The van der Waals surface area contributed by atoms with Crippen LogP contribution in [0.5, 0.6) is 17.2 Å². The monoisotopic (exact) mass is 475 g/mol. The highest BCUT2D eigenvalue weighted by atomic mass is 32.1. The van der Waals surface area contributed by atoms with E-state index in [1.54, 1.807) is 37.2 Å². The minimum absolute atomic E-state index is 0.0335. The number of rotatable bonds is 5. The van der Waals surface area contributed by atoms with Gasteiger partial charge in [-0.05, 0) is 49.0 Å². The molecule has 1 amide bonds. The number of alkyl halides is 2. The van der Waals surface area contributed by atoms with Gasteiger partial charge in [0, 0.05) is 25.9 Å². The molecular weight excluding hydrogens is 452 g/mol. The third-order valence-corrected chi connectivity index (χ3v) is 5.64. The Morgan fingerprint density at radius 1 is 1.15 bits per heavy atom. The highest BCUT2D eigenvalue weighted by molar-refractivity contribution is 7.80. The number of allylic oxidation sites excluding steroid dienone is 1. The number of thiocarbonyl (C=S) groups is 1. The Balaban J connectivity index is 1.75. The van der Waals surface area contributed by atoms with Crippen LogP contribution in [0.15, 0.2) is 53.7 Å². The van der Waals surface area contributed by atoms with E-state index in [1.807, 2.05) is 19.1 Å². The van der Waals surface area contributed by atoms with Gasteiger partial charge in [0.1, 0.15) is 19.0 Å². The summed E-state index contributed by atoms with van der Waals surface area (Å²) in [5.74, 6) is 1.08. The molecule has 0 saturated carbocycles. The van der Waals surface area contributed by atoms with Gasteiger partial charge >= 0.3 is 6.61 Å². The van der Waals surface area contributed by atoms with Gasteiger partial charge in [-0.15, -0.1) is 0 Å². The molecule has 174 valence electrons. The molecule has 2 aliphatic heterocycles. The summed E-state index contributed by atoms with van der Waals surface area (Å²) in [7, 11) is 3.33. The van der Waals surface area contributed by atoms with Crippen molar-refractivity contribution in [2.24, 2.45) is 0 Å². The van der Waals surface area contributed by atoms with E-state index in [2.05, 4.69) is 10.1 Å². The average molecular weight is 476 g/mol. The Labute approximate surface area is 195 Å². The topological polar surface area (TPSA) is 63.3 Å². The van der Waals surface area contributed by atoms with Gasteiger partial charge in [-0.2, -0.15) is 8.78 Å². The number of hydrogen-bond acceptors (Lipinski definition) is 5. The van der Waals surface area contributed by atoms with E-state index in [-0.39, 0.29) is 11.7 Å². The third-order valence-electron chi connectivity index (χ3n) is 5.34. The molecule has 33 heavy (non-hydrogen) atoms. The Hall–Kier alpha value is -3.40. The molecule has 1 atom stereocenters. The van der Waals surface area contributed by atoms with Crippen LogP contribution in [0.3, 0.4) is 0 Å². The quantitative estimate of drug-likeness (QED) is 0.659. The average Bonchev–Trinajstić information content (AvgIpc) is 2.78. The van der Waals surface area contributed by atoms with Crippen molar-refractivity contribution >= 4 is 28.9 Å². The Kier molecular flexibility index (Phi) is 6.37. The van der Waals surface area contributed by atoms with E-state index in [0.717, 1.165) is 5.69 Å². The summed E-state index contributed by atoms with van der Waals surface area (Å²) in [5, 5.41) is 3.62.